The number of hydrogen-bond acceptors (Lipinski definition) is 6. The normalized spacial score (nSPS) is 11.8. The van der Waals surface area contributed by atoms with Gasteiger partial charge in [0.05, 0.1) is 23.2 Å². The Kier molecular flexibility index (Phi) is 6.76. The summed E-state index contributed by atoms with van der Waals surface area (Å²) in [6.45, 7) is 5.72. The number of thioether (sulfide) groups is 2. The second-order valence-electron chi connectivity index (χ2n) is 5.25. The van der Waals surface area contributed by atoms with Gasteiger partial charge in [-0.1, -0.05) is 30.8 Å². The molecule has 1 aromatic carbocycles. The molecule has 0 spiro atoms. The summed E-state index contributed by atoms with van der Waals surface area (Å²) >= 11 is 2.85. The van der Waals surface area contributed by atoms with Gasteiger partial charge in [-0.15, -0.1) is 11.8 Å². The predicted molar refractivity (Wildman–Crippen MR) is 97.3 cm³/mol. The molecule has 1 amide bonds. The lowest BCUT2D eigenvalue weighted by Gasteiger charge is -2.12. The van der Waals surface area contributed by atoms with Crippen molar-refractivity contribution in [1.82, 2.24) is 4.98 Å². The number of hydrogen-bond donors (Lipinski definition) is 1. The topological polar surface area (TPSA) is 78.9 Å². The van der Waals surface area contributed by atoms with Crippen molar-refractivity contribution in [3.05, 3.63) is 35.7 Å². The zero-order valence-electron chi connectivity index (χ0n) is 13.8. The molecule has 126 valence electrons. The SMILES string of the molecule is Cc1nc(SCC(=O)Nc2ccccc2S[C@@H](C)CC#N)oc1C. The highest BCUT2D eigenvalue weighted by molar-refractivity contribution is 8.00. The van der Waals surface area contributed by atoms with E-state index in [2.05, 4.69) is 16.4 Å². The highest BCUT2D eigenvalue weighted by Gasteiger charge is 2.12. The van der Waals surface area contributed by atoms with Crippen LogP contribution in [-0.2, 0) is 4.79 Å². The van der Waals surface area contributed by atoms with Crippen molar-refractivity contribution < 1.29 is 9.21 Å². The summed E-state index contributed by atoms with van der Waals surface area (Å²) in [5.41, 5.74) is 1.60. The van der Waals surface area contributed by atoms with Crippen molar-refractivity contribution in [3.63, 3.8) is 0 Å². The minimum atomic E-state index is -0.116. The summed E-state index contributed by atoms with van der Waals surface area (Å²) < 4.78 is 5.46. The molecule has 1 heterocycles. The van der Waals surface area contributed by atoms with Crippen LogP contribution >= 0.6 is 23.5 Å². The summed E-state index contributed by atoms with van der Waals surface area (Å²) in [6.07, 6.45) is 0.464. The monoisotopic (exact) mass is 361 g/mol. The molecule has 0 saturated carbocycles. The lowest BCUT2D eigenvalue weighted by atomic mass is 10.3. The number of nitrogens with one attached hydrogen (secondary N) is 1. The maximum absolute atomic E-state index is 12.2. The highest BCUT2D eigenvalue weighted by Crippen LogP contribution is 2.31. The number of para-hydroxylation sites is 1. The van der Waals surface area contributed by atoms with Crippen LogP contribution in [0.2, 0.25) is 0 Å². The molecule has 0 aliphatic heterocycles. The number of aryl methyl sites for hydroxylation is 2. The maximum atomic E-state index is 12.2. The van der Waals surface area contributed by atoms with Crippen molar-refractivity contribution in [2.45, 2.75) is 42.6 Å². The Morgan fingerprint density at radius 1 is 1.42 bits per heavy atom. The molecule has 24 heavy (non-hydrogen) atoms. The van der Waals surface area contributed by atoms with Crippen molar-refractivity contribution >= 4 is 35.1 Å². The second kappa shape index (κ2) is 8.81. The lowest BCUT2D eigenvalue weighted by Crippen LogP contribution is -2.14. The zero-order chi connectivity index (χ0) is 17.5. The summed E-state index contributed by atoms with van der Waals surface area (Å²) in [5.74, 6) is 0.882. The summed E-state index contributed by atoms with van der Waals surface area (Å²) in [6, 6.07) is 9.77. The third kappa shape index (κ3) is 5.32. The van der Waals surface area contributed by atoms with E-state index in [1.54, 1.807) is 11.8 Å². The number of nitriles is 1. The smallest absolute Gasteiger partial charge is 0.256 e. The fourth-order valence-electron chi connectivity index (χ4n) is 1.88. The predicted octanol–water partition coefficient (Wildman–Crippen LogP) is 4.42. The first-order chi connectivity index (χ1) is 11.5. The van der Waals surface area contributed by atoms with Crippen molar-refractivity contribution in [2.75, 3.05) is 11.1 Å². The van der Waals surface area contributed by atoms with Crippen LogP contribution in [0.3, 0.4) is 0 Å². The number of benzene rings is 1. The molecule has 0 bridgehead atoms. The Morgan fingerprint density at radius 2 is 2.17 bits per heavy atom. The number of carbonyl (C=O) groups is 1. The maximum Gasteiger partial charge on any atom is 0.256 e. The van der Waals surface area contributed by atoms with E-state index in [-0.39, 0.29) is 16.9 Å². The molecule has 1 N–H and O–H groups in total. The van der Waals surface area contributed by atoms with Crippen LogP contribution in [0.15, 0.2) is 38.8 Å². The van der Waals surface area contributed by atoms with Gasteiger partial charge >= 0.3 is 0 Å². The van der Waals surface area contributed by atoms with Crippen LogP contribution in [0.1, 0.15) is 24.8 Å². The van der Waals surface area contributed by atoms with Gasteiger partial charge in [0.25, 0.3) is 5.22 Å². The molecular formula is C17H19N3O2S2. The van der Waals surface area contributed by atoms with Crippen LogP contribution in [0, 0.1) is 25.2 Å². The minimum Gasteiger partial charge on any atom is -0.437 e. The number of carbonyl (C=O) groups excluding carboxylic acids is 1. The second-order valence-corrected chi connectivity index (χ2v) is 7.65. The molecule has 5 nitrogen and oxygen atoms in total. The van der Waals surface area contributed by atoms with Gasteiger partial charge < -0.3 is 9.73 Å². The number of amides is 1. The summed E-state index contributed by atoms with van der Waals surface area (Å²) in [5, 5.41) is 12.4. The number of rotatable bonds is 7. The molecule has 0 unspecified atom stereocenters. The molecule has 0 fully saturated rings. The van der Waals surface area contributed by atoms with Gasteiger partial charge in [-0.05, 0) is 26.0 Å². The van der Waals surface area contributed by atoms with Crippen LogP contribution in [0.4, 0.5) is 5.69 Å². The molecule has 7 heteroatoms. The lowest BCUT2D eigenvalue weighted by molar-refractivity contribution is -0.113. The molecule has 2 rings (SSSR count). The largest absolute Gasteiger partial charge is 0.437 e. The van der Waals surface area contributed by atoms with Crippen LogP contribution in [-0.4, -0.2) is 21.9 Å². The first-order valence-electron chi connectivity index (χ1n) is 7.49. The molecular weight excluding hydrogens is 342 g/mol. The highest BCUT2D eigenvalue weighted by atomic mass is 32.2. The number of anilines is 1. The Balaban J connectivity index is 1.95. The van der Waals surface area contributed by atoms with Gasteiger partial charge in [0.1, 0.15) is 5.76 Å². The van der Waals surface area contributed by atoms with E-state index in [1.165, 1.54) is 11.8 Å². The standard InChI is InChI=1S/C17H19N3O2S2/c1-11(8-9-18)24-15-7-5-4-6-14(15)20-16(21)10-23-17-19-12(2)13(3)22-17/h4-7,11H,8,10H2,1-3H3,(H,20,21)/t11-/m0/s1. The molecule has 0 aliphatic rings. The van der Waals surface area contributed by atoms with Crippen LogP contribution < -0.4 is 5.32 Å². The van der Waals surface area contributed by atoms with Crippen molar-refractivity contribution in [2.24, 2.45) is 0 Å². The van der Waals surface area contributed by atoms with Gasteiger partial charge in [-0.3, -0.25) is 4.79 Å². The van der Waals surface area contributed by atoms with Gasteiger partial charge in [0.2, 0.25) is 5.91 Å². The average molecular weight is 361 g/mol. The van der Waals surface area contributed by atoms with Crippen LogP contribution in [0.25, 0.3) is 0 Å². The number of aromatic nitrogens is 1. The van der Waals surface area contributed by atoms with E-state index >= 15 is 0 Å². The molecule has 1 atom stereocenters. The first-order valence-corrected chi connectivity index (χ1v) is 9.35. The van der Waals surface area contributed by atoms with E-state index in [4.69, 9.17) is 9.68 Å². The summed E-state index contributed by atoms with van der Waals surface area (Å²) in [7, 11) is 0. The Morgan fingerprint density at radius 3 is 2.83 bits per heavy atom. The van der Waals surface area contributed by atoms with E-state index in [0.717, 1.165) is 22.0 Å². The number of oxazole rings is 1. The Bertz CT molecular complexity index is 733. The van der Waals surface area contributed by atoms with Gasteiger partial charge in [0.15, 0.2) is 0 Å². The van der Waals surface area contributed by atoms with E-state index in [1.807, 2.05) is 45.0 Å². The fraction of sp³-hybridized carbons (Fsp3) is 0.353. The Hall–Kier alpha value is -1.91. The zero-order valence-corrected chi connectivity index (χ0v) is 15.5. The van der Waals surface area contributed by atoms with E-state index in [9.17, 15) is 4.79 Å². The van der Waals surface area contributed by atoms with Gasteiger partial charge in [-0.25, -0.2) is 4.98 Å². The molecule has 0 radical (unpaired) electrons. The molecule has 0 aliphatic carbocycles. The van der Waals surface area contributed by atoms with Gasteiger partial charge in [0, 0.05) is 16.6 Å². The third-order valence-corrected chi connectivity index (χ3v) is 5.21. The van der Waals surface area contributed by atoms with Crippen LogP contribution in [0.5, 0.6) is 0 Å². The van der Waals surface area contributed by atoms with Crippen molar-refractivity contribution in [1.29, 1.82) is 5.26 Å². The van der Waals surface area contributed by atoms with E-state index in [0.29, 0.717) is 11.6 Å². The third-order valence-electron chi connectivity index (χ3n) is 3.20. The minimum absolute atomic E-state index is 0.116. The molecule has 2 aromatic rings. The fourth-order valence-corrected chi connectivity index (χ4v) is 3.58. The number of nitrogens with zero attached hydrogens (tertiary/aromatic N) is 2. The van der Waals surface area contributed by atoms with Gasteiger partial charge in [-0.2, -0.15) is 5.26 Å². The average Bonchev–Trinajstić information content (AvgIpc) is 2.86. The first kappa shape index (κ1) is 18.4. The summed E-state index contributed by atoms with van der Waals surface area (Å²) in [4.78, 5) is 17.4. The molecule has 1 aromatic heterocycles. The van der Waals surface area contributed by atoms with Crippen molar-refractivity contribution in [3.8, 4) is 6.07 Å². The molecule has 0 saturated heterocycles. The Labute approximate surface area is 150 Å². The quantitative estimate of drug-likeness (QED) is 0.736. The van der Waals surface area contributed by atoms with E-state index < -0.39 is 0 Å².